The van der Waals surface area contributed by atoms with Gasteiger partial charge in [0.05, 0.1) is 12.1 Å². The second kappa shape index (κ2) is 8.13. The lowest BCUT2D eigenvalue weighted by atomic mass is 9.76. The van der Waals surface area contributed by atoms with Gasteiger partial charge in [0.2, 0.25) is 11.8 Å². The van der Waals surface area contributed by atoms with Crippen LogP contribution < -0.4 is 10.1 Å². The lowest BCUT2D eigenvalue weighted by molar-refractivity contribution is -0.114. The van der Waals surface area contributed by atoms with Crippen molar-refractivity contribution in [2.24, 2.45) is 0 Å². The van der Waals surface area contributed by atoms with Gasteiger partial charge in [-0.15, -0.1) is 0 Å². The maximum absolute atomic E-state index is 12.3. The highest BCUT2D eigenvalue weighted by molar-refractivity contribution is 5.94. The fraction of sp³-hybridized carbons (Fsp3) is 0.185. The Morgan fingerprint density at radius 1 is 1.00 bits per heavy atom. The maximum atomic E-state index is 12.3. The molecule has 1 aliphatic heterocycles. The van der Waals surface area contributed by atoms with E-state index < -0.39 is 0 Å². The summed E-state index contributed by atoms with van der Waals surface area (Å²) in [6.45, 7) is 3.44. The molecule has 4 aromatic rings. The van der Waals surface area contributed by atoms with E-state index in [1.165, 1.54) is 6.92 Å². The van der Waals surface area contributed by atoms with Crippen LogP contribution in [0.5, 0.6) is 11.5 Å². The second-order valence-corrected chi connectivity index (χ2v) is 8.41. The Bertz CT molecular complexity index is 1370. The van der Waals surface area contributed by atoms with Gasteiger partial charge < -0.3 is 15.2 Å². The Morgan fingerprint density at radius 2 is 1.76 bits per heavy atom. The van der Waals surface area contributed by atoms with Gasteiger partial charge in [-0.2, -0.15) is 0 Å². The fourth-order valence-corrected chi connectivity index (χ4v) is 4.82. The Balaban J connectivity index is 1.67. The molecule has 6 heteroatoms. The van der Waals surface area contributed by atoms with Crippen LogP contribution in [0, 0.1) is 0 Å². The maximum Gasteiger partial charge on any atom is 0.227 e. The molecule has 5 rings (SSSR count). The quantitative estimate of drug-likeness (QED) is 0.455. The van der Waals surface area contributed by atoms with Gasteiger partial charge in [0, 0.05) is 54.6 Å². The molecular weight excluding hydrogens is 416 g/mol. The third-order valence-corrected chi connectivity index (χ3v) is 6.22. The molecule has 0 radical (unpaired) electrons. The summed E-state index contributed by atoms with van der Waals surface area (Å²) >= 11 is 0. The standard InChI is InChI=1S/C27H24N2O4/c1-16(30)28-19-9-7-18(8-10-19)27-22-12-11-20(32)13-26(22)33-15-24(27)23-14-29(17(2)31)25-6-4-3-5-21(23)25/h3-14,24,27,32H,15H2,1-2H3,(H,28,30). The third-order valence-electron chi connectivity index (χ3n) is 6.22. The highest BCUT2D eigenvalue weighted by Crippen LogP contribution is 2.48. The summed E-state index contributed by atoms with van der Waals surface area (Å²) in [5.41, 5.74) is 4.67. The molecule has 1 aromatic heterocycles. The molecular formula is C27H24N2O4. The van der Waals surface area contributed by atoms with E-state index in [0.29, 0.717) is 12.4 Å². The van der Waals surface area contributed by atoms with E-state index in [-0.39, 0.29) is 29.4 Å². The van der Waals surface area contributed by atoms with E-state index in [0.717, 1.165) is 33.3 Å². The number of hydrogen-bond acceptors (Lipinski definition) is 4. The average molecular weight is 440 g/mol. The lowest BCUT2D eigenvalue weighted by Gasteiger charge is -2.34. The highest BCUT2D eigenvalue weighted by Gasteiger charge is 2.35. The van der Waals surface area contributed by atoms with Gasteiger partial charge in [-0.1, -0.05) is 36.4 Å². The van der Waals surface area contributed by atoms with E-state index in [1.54, 1.807) is 23.6 Å². The predicted octanol–water partition coefficient (Wildman–Crippen LogP) is 5.27. The summed E-state index contributed by atoms with van der Waals surface area (Å²) in [7, 11) is 0. The first-order valence-corrected chi connectivity index (χ1v) is 10.9. The van der Waals surface area contributed by atoms with Crippen LogP contribution in [0.2, 0.25) is 0 Å². The molecule has 166 valence electrons. The summed E-state index contributed by atoms with van der Waals surface area (Å²) in [5.74, 6) is 0.518. The molecule has 3 aromatic carbocycles. The smallest absolute Gasteiger partial charge is 0.227 e. The summed E-state index contributed by atoms with van der Waals surface area (Å²) in [6, 6.07) is 20.9. The predicted molar refractivity (Wildman–Crippen MR) is 127 cm³/mol. The van der Waals surface area contributed by atoms with Crippen molar-refractivity contribution in [1.82, 2.24) is 4.57 Å². The topological polar surface area (TPSA) is 80.6 Å². The Kier molecular flexibility index (Phi) is 5.13. The monoisotopic (exact) mass is 440 g/mol. The van der Waals surface area contributed by atoms with Crippen LogP contribution in [0.3, 0.4) is 0 Å². The Morgan fingerprint density at radius 3 is 2.48 bits per heavy atom. The number of anilines is 1. The zero-order valence-corrected chi connectivity index (χ0v) is 18.4. The number of ether oxygens (including phenoxy) is 1. The number of nitrogens with zero attached hydrogens (tertiary/aromatic N) is 1. The van der Waals surface area contributed by atoms with Crippen LogP contribution in [-0.2, 0) is 4.79 Å². The number of amides is 1. The number of benzene rings is 3. The number of fused-ring (bicyclic) bond motifs is 2. The summed E-state index contributed by atoms with van der Waals surface area (Å²) in [4.78, 5) is 23.8. The summed E-state index contributed by atoms with van der Waals surface area (Å²) in [6.07, 6.45) is 1.92. The van der Waals surface area contributed by atoms with Gasteiger partial charge in [-0.25, -0.2) is 0 Å². The van der Waals surface area contributed by atoms with Crippen LogP contribution in [0.25, 0.3) is 10.9 Å². The minimum Gasteiger partial charge on any atom is -0.508 e. The SMILES string of the molecule is CC(=O)Nc1ccc(C2c3ccc(O)cc3OCC2c2cn(C(C)=O)c3ccccc23)cc1. The zero-order valence-electron chi connectivity index (χ0n) is 18.4. The number of carbonyl (C=O) groups is 2. The highest BCUT2D eigenvalue weighted by atomic mass is 16.5. The molecule has 2 unspecified atom stereocenters. The van der Waals surface area contributed by atoms with E-state index >= 15 is 0 Å². The number of para-hydroxylation sites is 1. The van der Waals surface area contributed by atoms with Crippen LogP contribution in [-0.4, -0.2) is 28.1 Å². The van der Waals surface area contributed by atoms with Gasteiger partial charge in [-0.05, 0) is 35.4 Å². The first-order chi connectivity index (χ1) is 15.9. The van der Waals surface area contributed by atoms with Gasteiger partial charge in [0.15, 0.2) is 0 Å². The molecule has 6 nitrogen and oxygen atoms in total. The van der Waals surface area contributed by atoms with E-state index in [4.69, 9.17) is 4.74 Å². The molecule has 33 heavy (non-hydrogen) atoms. The minimum absolute atomic E-state index is 0.0456. The number of hydrogen-bond donors (Lipinski definition) is 2. The van der Waals surface area contributed by atoms with Crippen LogP contribution in [0.4, 0.5) is 5.69 Å². The van der Waals surface area contributed by atoms with Crippen molar-refractivity contribution in [3.05, 3.63) is 89.6 Å². The minimum atomic E-state index is -0.121. The van der Waals surface area contributed by atoms with Crippen molar-refractivity contribution in [2.75, 3.05) is 11.9 Å². The summed E-state index contributed by atoms with van der Waals surface area (Å²) in [5, 5.41) is 13.8. The van der Waals surface area contributed by atoms with Crippen molar-refractivity contribution in [3.63, 3.8) is 0 Å². The van der Waals surface area contributed by atoms with E-state index in [1.807, 2.05) is 60.8 Å². The normalized spacial score (nSPS) is 17.3. The summed E-state index contributed by atoms with van der Waals surface area (Å²) < 4.78 is 7.80. The van der Waals surface area contributed by atoms with Gasteiger partial charge in [0.1, 0.15) is 11.5 Å². The van der Waals surface area contributed by atoms with Crippen molar-refractivity contribution in [2.45, 2.75) is 25.7 Å². The Hall–Kier alpha value is -4.06. The van der Waals surface area contributed by atoms with Crippen molar-refractivity contribution in [3.8, 4) is 11.5 Å². The molecule has 0 fully saturated rings. The molecule has 0 aliphatic carbocycles. The molecule has 0 saturated heterocycles. The fourth-order valence-electron chi connectivity index (χ4n) is 4.82. The number of aromatic nitrogens is 1. The van der Waals surface area contributed by atoms with Crippen LogP contribution in [0.15, 0.2) is 72.9 Å². The number of phenolic OH excluding ortho intramolecular Hbond substituents is 1. The number of carbonyl (C=O) groups excluding carboxylic acids is 2. The second-order valence-electron chi connectivity index (χ2n) is 8.41. The van der Waals surface area contributed by atoms with Gasteiger partial charge in [0.25, 0.3) is 0 Å². The van der Waals surface area contributed by atoms with Gasteiger partial charge in [-0.3, -0.25) is 14.2 Å². The lowest BCUT2D eigenvalue weighted by Crippen LogP contribution is -2.25. The number of nitrogens with one attached hydrogen (secondary N) is 1. The molecule has 1 aliphatic rings. The number of aromatic hydroxyl groups is 1. The van der Waals surface area contributed by atoms with Crippen LogP contribution >= 0.6 is 0 Å². The van der Waals surface area contributed by atoms with Crippen molar-refractivity contribution >= 4 is 28.4 Å². The van der Waals surface area contributed by atoms with E-state index in [9.17, 15) is 14.7 Å². The molecule has 1 amide bonds. The van der Waals surface area contributed by atoms with Gasteiger partial charge >= 0.3 is 0 Å². The molecule has 2 atom stereocenters. The molecule has 0 saturated carbocycles. The number of rotatable bonds is 3. The molecule has 0 bridgehead atoms. The third kappa shape index (κ3) is 3.74. The molecule has 0 spiro atoms. The number of phenols is 1. The van der Waals surface area contributed by atoms with E-state index in [2.05, 4.69) is 5.32 Å². The average Bonchev–Trinajstić information content (AvgIpc) is 3.18. The van der Waals surface area contributed by atoms with Crippen LogP contribution in [0.1, 0.15) is 47.2 Å². The first kappa shape index (κ1) is 20.8. The first-order valence-electron chi connectivity index (χ1n) is 10.9. The largest absolute Gasteiger partial charge is 0.508 e. The Labute approximate surface area is 191 Å². The molecule has 2 heterocycles. The molecule has 2 N–H and O–H groups in total. The van der Waals surface area contributed by atoms with Crippen molar-refractivity contribution in [1.29, 1.82) is 0 Å². The van der Waals surface area contributed by atoms with Crippen molar-refractivity contribution < 1.29 is 19.4 Å². The zero-order chi connectivity index (χ0) is 23.1.